The van der Waals surface area contributed by atoms with E-state index >= 15 is 0 Å². The molecule has 1 N–H and O–H groups in total. The Morgan fingerprint density at radius 1 is 1.03 bits per heavy atom. The lowest BCUT2D eigenvalue weighted by Gasteiger charge is -2.26. The molecule has 1 saturated heterocycles. The van der Waals surface area contributed by atoms with Gasteiger partial charge < -0.3 is 10.2 Å². The molecule has 0 unspecified atom stereocenters. The van der Waals surface area contributed by atoms with Crippen molar-refractivity contribution in [3.63, 3.8) is 0 Å². The molecule has 1 fully saturated rings. The predicted octanol–water partition coefficient (Wildman–Crippen LogP) is 4.20. The molecule has 0 bridgehead atoms. The highest BCUT2D eigenvalue weighted by atomic mass is 32.2. The van der Waals surface area contributed by atoms with Crippen LogP contribution in [0.15, 0.2) is 47.4 Å². The third kappa shape index (κ3) is 5.19. The summed E-state index contributed by atoms with van der Waals surface area (Å²) in [7, 11) is -0.456. The van der Waals surface area contributed by atoms with Gasteiger partial charge in [0.25, 0.3) is 5.91 Å². The zero-order chi connectivity index (χ0) is 22.8. The zero-order valence-corrected chi connectivity index (χ0v) is 18.1. The van der Waals surface area contributed by atoms with Gasteiger partial charge in [-0.3, -0.25) is 4.79 Å². The second-order valence-electron chi connectivity index (χ2n) is 7.57. The third-order valence-corrected chi connectivity index (χ3v) is 7.00. The van der Waals surface area contributed by atoms with E-state index in [1.54, 1.807) is 19.0 Å². The smallest absolute Gasteiger partial charge is 0.376 e. The van der Waals surface area contributed by atoms with Gasteiger partial charge in [0.1, 0.15) is 0 Å². The quantitative estimate of drug-likeness (QED) is 0.734. The summed E-state index contributed by atoms with van der Waals surface area (Å²) in [5, 5.41) is 2.49. The van der Waals surface area contributed by atoms with Gasteiger partial charge in [0, 0.05) is 32.7 Å². The van der Waals surface area contributed by atoms with Gasteiger partial charge in [0.15, 0.2) is 0 Å². The first-order valence-electron chi connectivity index (χ1n) is 9.80. The van der Waals surface area contributed by atoms with Gasteiger partial charge >= 0.3 is 6.18 Å². The third-order valence-electron chi connectivity index (χ3n) is 5.10. The standard InChI is InChI=1S/C21H24F3N3O3S/c1-26(2)19-10-9-16(21(22,23)24)14-18(19)25-20(28)15-7-6-8-17(13-15)31(29,30)27-11-4-3-5-12-27/h6-10,13-14H,3-5,11-12H2,1-2H3,(H,25,28). The molecule has 3 rings (SSSR count). The van der Waals surface area contributed by atoms with Crippen LogP contribution in [0.25, 0.3) is 0 Å². The van der Waals surface area contributed by atoms with Crippen LogP contribution in [0.3, 0.4) is 0 Å². The molecule has 2 aromatic carbocycles. The van der Waals surface area contributed by atoms with Gasteiger partial charge in [-0.25, -0.2) is 8.42 Å². The highest BCUT2D eigenvalue weighted by Gasteiger charge is 2.31. The van der Waals surface area contributed by atoms with E-state index in [1.165, 1.54) is 34.6 Å². The van der Waals surface area contributed by atoms with Crippen LogP contribution in [0.5, 0.6) is 0 Å². The number of sulfonamides is 1. The lowest BCUT2D eigenvalue weighted by atomic mass is 10.1. The first-order chi connectivity index (χ1) is 14.5. The summed E-state index contributed by atoms with van der Waals surface area (Å²) in [4.78, 5) is 14.3. The molecule has 0 radical (unpaired) electrons. The number of nitrogens with zero attached hydrogens (tertiary/aromatic N) is 2. The van der Waals surface area contributed by atoms with E-state index in [1.807, 2.05) is 0 Å². The molecule has 1 heterocycles. The molecular weight excluding hydrogens is 431 g/mol. The van der Waals surface area contributed by atoms with Gasteiger partial charge in [-0.05, 0) is 49.2 Å². The number of alkyl halides is 3. The Bertz CT molecular complexity index is 1060. The molecule has 31 heavy (non-hydrogen) atoms. The van der Waals surface area contributed by atoms with Gasteiger partial charge in [-0.1, -0.05) is 12.5 Å². The second-order valence-corrected chi connectivity index (χ2v) is 9.51. The molecule has 168 valence electrons. The largest absolute Gasteiger partial charge is 0.416 e. The number of benzene rings is 2. The van der Waals surface area contributed by atoms with E-state index in [2.05, 4.69) is 5.32 Å². The highest BCUT2D eigenvalue weighted by molar-refractivity contribution is 7.89. The molecule has 0 aliphatic carbocycles. The number of halogens is 3. The lowest BCUT2D eigenvalue weighted by molar-refractivity contribution is -0.137. The first-order valence-corrected chi connectivity index (χ1v) is 11.2. The van der Waals surface area contributed by atoms with E-state index in [4.69, 9.17) is 0 Å². The van der Waals surface area contributed by atoms with Crippen molar-refractivity contribution < 1.29 is 26.4 Å². The van der Waals surface area contributed by atoms with E-state index < -0.39 is 27.7 Å². The Morgan fingerprint density at radius 2 is 1.71 bits per heavy atom. The van der Waals surface area contributed by atoms with Crippen molar-refractivity contribution in [2.75, 3.05) is 37.4 Å². The number of carbonyl (C=O) groups excluding carboxylic acids is 1. The molecule has 1 amide bonds. The van der Waals surface area contributed by atoms with Crippen LogP contribution < -0.4 is 10.2 Å². The summed E-state index contributed by atoms with van der Waals surface area (Å²) in [5.41, 5.74) is -0.484. The summed E-state index contributed by atoms with van der Waals surface area (Å²) in [6, 6.07) is 8.62. The Hall–Kier alpha value is -2.59. The number of amides is 1. The van der Waals surface area contributed by atoms with Crippen LogP contribution in [0.4, 0.5) is 24.5 Å². The fourth-order valence-electron chi connectivity index (χ4n) is 3.45. The van der Waals surface area contributed by atoms with Crippen molar-refractivity contribution in [3.8, 4) is 0 Å². The SMILES string of the molecule is CN(C)c1ccc(C(F)(F)F)cc1NC(=O)c1cccc(S(=O)(=O)N2CCCCC2)c1. The molecular formula is C21H24F3N3O3S. The minimum atomic E-state index is -4.56. The number of nitrogens with one attached hydrogen (secondary N) is 1. The topological polar surface area (TPSA) is 69.7 Å². The predicted molar refractivity (Wildman–Crippen MR) is 113 cm³/mol. The monoisotopic (exact) mass is 455 g/mol. The van der Waals surface area contributed by atoms with Crippen molar-refractivity contribution in [1.29, 1.82) is 0 Å². The maximum absolute atomic E-state index is 13.1. The van der Waals surface area contributed by atoms with Crippen LogP contribution >= 0.6 is 0 Å². The van der Waals surface area contributed by atoms with Gasteiger partial charge in [-0.15, -0.1) is 0 Å². The maximum atomic E-state index is 13.1. The fourth-order valence-corrected chi connectivity index (χ4v) is 5.01. The van der Waals surface area contributed by atoms with Crippen molar-refractivity contribution >= 4 is 27.3 Å². The zero-order valence-electron chi connectivity index (χ0n) is 17.2. The summed E-state index contributed by atoms with van der Waals surface area (Å²) in [6.45, 7) is 0.852. The number of anilines is 2. The number of rotatable bonds is 5. The van der Waals surface area contributed by atoms with Crippen molar-refractivity contribution in [1.82, 2.24) is 4.31 Å². The van der Waals surface area contributed by atoms with Gasteiger partial charge in [0.05, 0.1) is 21.8 Å². The molecule has 6 nitrogen and oxygen atoms in total. The summed E-state index contributed by atoms with van der Waals surface area (Å²) in [6.07, 6.45) is -2.03. The molecule has 0 aromatic heterocycles. The Morgan fingerprint density at radius 3 is 2.32 bits per heavy atom. The molecule has 10 heteroatoms. The van der Waals surface area contributed by atoms with Crippen molar-refractivity contribution in [2.24, 2.45) is 0 Å². The number of hydrogen-bond acceptors (Lipinski definition) is 4. The maximum Gasteiger partial charge on any atom is 0.416 e. The summed E-state index contributed by atoms with van der Waals surface area (Å²) >= 11 is 0. The lowest BCUT2D eigenvalue weighted by Crippen LogP contribution is -2.35. The first kappa shape index (κ1) is 23.1. The molecule has 1 aliphatic rings. The van der Waals surface area contributed by atoms with E-state index in [0.717, 1.165) is 31.4 Å². The van der Waals surface area contributed by atoms with Crippen molar-refractivity contribution in [3.05, 3.63) is 53.6 Å². The van der Waals surface area contributed by atoms with Crippen LogP contribution in [0.1, 0.15) is 35.2 Å². The fraction of sp³-hybridized carbons (Fsp3) is 0.381. The molecule has 1 aliphatic heterocycles. The van der Waals surface area contributed by atoms with E-state index in [0.29, 0.717) is 18.8 Å². The Labute approximate surface area is 179 Å². The van der Waals surface area contributed by atoms with Crippen LogP contribution in [0, 0.1) is 0 Å². The Balaban J connectivity index is 1.90. The van der Waals surface area contributed by atoms with Crippen LogP contribution in [-0.2, 0) is 16.2 Å². The number of carbonyl (C=O) groups is 1. The number of hydrogen-bond donors (Lipinski definition) is 1. The molecule has 0 atom stereocenters. The van der Waals surface area contributed by atoms with Crippen molar-refractivity contribution in [2.45, 2.75) is 30.3 Å². The average Bonchev–Trinajstić information content (AvgIpc) is 2.73. The Kier molecular flexibility index (Phi) is 6.61. The average molecular weight is 456 g/mol. The molecule has 0 spiro atoms. The van der Waals surface area contributed by atoms with E-state index in [9.17, 15) is 26.4 Å². The van der Waals surface area contributed by atoms with Gasteiger partial charge in [0.2, 0.25) is 10.0 Å². The van der Waals surface area contributed by atoms with Crippen LogP contribution in [0.2, 0.25) is 0 Å². The number of piperidine rings is 1. The van der Waals surface area contributed by atoms with Crippen LogP contribution in [-0.4, -0.2) is 45.8 Å². The second kappa shape index (κ2) is 8.88. The molecule has 0 saturated carbocycles. The van der Waals surface area contributed by atoms with Gasteiger partial charge in [-0.2, -0.15) is 17.5 Å². The highest BCUT2D eigenvalue weighted by Crippen LogP contribution is 2.35. The molecule has 2 aromatic rings. The normalized spacial score (nSPS) is 15.5. The minimum Gasteiger partial charge on any atom is -0.376 e. The summed E-state index contributed by atoms with van der Waals surface area (Å²) < 4.78 is 66.5. The summed E-state index contributed by atoms with van der Waals surface area (Å²) in [5.74, 6) is -0.696. The van der Waals surface area contributed by atoms with E-state index in [-0.39, 0.29) is 16.1 Å². The minimum absolute atomic E-state index is 0.0149.